The van der Waals surface area contributed by atoms with Gasteiger partial charge in [-0.1, -0.05) is 90.5 Å². The third-order valence-electron chi connectivity index (χ3n) is 5.78. The van der Waals surface area contributed by atoms with Crippen molar-refractivity contribution in [2.45, 2.75) is 64.4 Å². The van der Waals surface area contributed by atoms with Crippen molar-refractivity contribution < 1.29 is 9.59 Å². The molecule has 0 aliphatic heterocycles. The molecule has 3 aromatic rings. The van der Waals surface area contributed by atoms with Crippen molar-refractivity contribution in [2.24, 2.45) is 0 Å². The quantitative estimate of drug-likeness (QED) is 0.319. The molecule has 190 valence electrons. The summed E-state index contributed by atoms with van der Waals surface area (Å²) in [5.74, 6) is 1.45. The summed E-state index contributed by atoms with van der Waals surface area (Å²) in [6, 6.07) is 27.8. The van der Waals surface area contributed by atoms with Crippen LogP contribution in [0.1, 0.15) is 49.4 Å². The number of carbonyl (C=O) groups is 2. The summed E-state index contributed by atoms with van der Waals surface area (Å²) in [6.07, 6.45) is 0.856. The topological polar surface area (TPSA) is 49.4 Å². The van der Waals surface area contributed by atoms with Gasteiger partial charge in [-0.15, -0.1) is 0 Å². The van der Waals surface area contributed by atoms with E-state index in [1.165, 1.54) is 5.56 Å². The van der Waals surface area contributed by atoms with Crippen LogP contribution in [-0.2, 0) is 28.3 Å². The average Bonchev–Trinajstić information content (AvgIpc) is 2.84. The minimum absolute atomic E-state index is 0.00191. The Balaban J connectivity index is 1.82. The molecule has 0 heterocycles. The monoisotopic (exact) mass is 502 g/mol. The van der Waals surface area contributed by atoms with E-state index in [-0.39, 0.29) is 11.8 Å². The first-order valence-corrected chi connectivity index (χ1v) is 13.7. The van der Waals surface area contributed by atoms with E-state index in [4.69, 9.17) is 0 Å². The lowest BCUT2D eigenvalue weighted by Crippen LogP contribution is -2.54. The SMILES string of the molecule is Cc1cccc(CN(C(=O)CCSCc2ccccc2)[C@@H](Cc2ccccc2)C(=O)NC(C)(C)C)c1. The second-order valence-corrected chi connectivity index (χ2v) is 11.3. The van der Waals surface area contributed by atoms with Gasteiger partial charge in [-0.2, -0.15) is 11.8 Å². The van der Waals surface area contributed by atoms with Crippen molar-refractivity contribution in [3.8, 4) is 0 Å². The second kappa shape index (κ2) is 13.3. The van der Waals surface area contributed by atoms with Gasteiger partial charge in [0.2, 0.25) is 11.8 Å². The van der Waals surface area contributed by atoms with Gasteiger partial charge < -0.3 is 10.2 Å². The lowest BCUT2D eigenvalue weighted by Gasteiger charge is -2.34. The van der Waals surface area contributed by atoms with Crippen molar-refractivity contribution in [2.75, 3.05) is 5.75 Å². The van der Waals surface area contributed by atoms with Crippen LogP contribution in [0.4, 0.5) is 0 Å². The van der Waals surface area contributed by atoms with Crippen molar-refractivity contribution in [1.29, 1.82) is 0 Å². The Morgan fingerprint density at radius 1 is 0.861 bits per heavy atom. The fourth-order valence-electron chi connectivity index (χ4n) is 4.08. The number of nitrogens with one attached hydrogen (secondary N) is 1. The van der Waals surface area contributed by atoms with Crippen LogP contribution in [0.5, 0.6) is 0 Å². The summed E-state index contributed by atoms with van der Waals surface area (Å²) >= 11 is 1.75. The third kappa shape index (κ3) is 9.19. The highest BCUT2D eigenvalue weighted by atomic mass is 32.2. The Bertz CT molecular complexity index is 1110. The summed E-state index contributed by atoms with van der Waals surface area (Å²) in [5, 5.41) is 3.12. The highest BCUT2D eigenvalue weighted by Gasteiger charge is 2.32. The minimum atomic E-state index is -0.598. The summed E-state index contributed by atoms with van der Waals surface area (Å²) in [5.41, 5.74) is 4.06. The van der Waals surface area contributed by atoms with Crippen molar-refractivity contribution in [1.82, 2.24) is 10.2 Å². The molecule has 3 aromatic carbocycles. The number of rotatable bonds is 11. The molecule has 5 heteroatoms. The standard InChI is InChI=1S/C31H38N2O2S/c1-24-12-11-17-27(20-24)22-33(29(34)18-19-36-23-26-15-9-6-10-16-26)28(30(35)32-31(2,3)4)21-25-13-7-5-8-14-25/h5-17,20,28H,18-19,21-23H2,1-4H3,(H,32,35)/t28-/m0/s1. The third-order valence-corrected chi connectivity index (χ3v) is 6.81. The molecule has 0 fully saturated rings. The molecule has 3 rings (SSSR count). The molecule has 0 saturated carbocycles. The largest absolute Gasteiger partial charge is 0.350 e. The number of amides is 2. The summed E-state index contributed by atoms with van der Waals surface area (Å²) in [4.78, 5) is 29.0. The molecule has 0 aliphatic carbocycles. The van der Waals surface area contributed by atoms with E-state index in [0.29, 0.717) is 25.1 Å². The zero-order chi connectivity index (χ0) is 26.0. The summed E-state index contributed by atoms with van der Waals surface area (Å²) in [7, 11) is 0. The lowest BCUT2D eigenvalue weighted by molar-refractivity contribution is -0.141. The number of nitrogens with zero attached hydrogens (tertiary/aromatic N) is 1. The predicted molar refractivity (Wildman–Crippen MR) is 151 cm³/mol. The number of carbonyl (C=O) groups excluding carboxylic acids is 2. The molecule has 0 radical (unpaired) electrons. The van der Waals surface area contributed by atoms with Crippen LogP contribution in [0.25, 0.3) is 0 Å². The first kappa shape index (κ1) is 27.5. The molecular formula is C31H38N2O2S. The van der Waals surface area contributed by atoms with Gasteiger partial charge in [0.1, 0.15) is 6.04 Å². The van der Waals surface area contributed by atoms with E-state index in [1.807, 2.05) is 94.4 Å². The fourth-order valence-corrected chi connectivity index (χ4v) is 4.97. The zero-order valence-electron chi connectivity index (χ0n) is 21.9. The van der Waals surface area contributed by atoms with Crippen molar-refractivity contribution >= 4 is 23.6 Å². The van der Waals surface area contributed by atoms with E-state index in [9.17, 15) is 9.59 Å². The Morgan fingerprint density at radius 3 is 2.08 bits per heavy atom. The normalized spacial score (nSPS) is 12.1. The number of aryl methyl sites for hydroxylation is 1. The molecule has 0 saturated heterocycles. The molecule has 2 amide bonds. The van der Waals surface area contributed by atoms with Crippen LogP contribution in [0, 0.1) is 6.92 Å². The van der Waals surface area contributed by atoms with Gasteiger partial charge >= 0.3 is 0 Å². The average molecular weight is 503 g/mol. The van der Waals surface area contributed by atoms with Gasteiger partial charge in [0.15, 0.2) is 0 Å². The lowest BCUT2D eigenvalue weighted by atomic mass is 10.00. The highest BCUT2D eigenvalue weighted by Crippen LogP contribution is 2.19. The zero-order valence-corrected chi connectivity index (χ0v) is 22.7. The first-order valence-electron chi connectivity index (χ1n) is 12.5. The Kier molecular flexibility index (Phi) is 10.2. The molecule has 0 bridgehead atoms. The van der Waals surface area contributed by atoms with Gasteiger partial charge in [0.25, 0.3) is 0 Å². The molecule has 0 unspecified atom stereocenters. The van der Waals surface area contributed by atoms with Crippen LogP contribution >= 0.6 is 11.8 Å². The Morgan fingerprint density at radius 2 is 1.47 bits per heavy atom. The number of benzene rings is 3. The maximum Gasteiger partial charge on any atom is 0.243 e. The number of hydrogen-bond donors (Lipinski definition) is 1. The maximum absolute atomic E-state index is 13.7. The second-order valence-electron chi connectivity index (χ2n) is 10.2. The van der Waals surface area contributed by atoms with Gasteiger partial charge in [0, 0.05) is 36.4 Å². The smallest absolute Gasteiger partial charge is 0.243 e. The fraction of sp³-hybridized carbons (Fsp3) is 0.355. The van der Waals surface area contributed by atoms with Crippen molar-refractivity contribution in [3.05, 3.63) is 107 Å². The van der Waals surface area contributed by atoms with E-state index in [1.54, 1.807) is 16.7 Å². The number of hydrogen-bond acceptors (Lipinski definition) is 3. The molecule has 0 spiro atoms. The van der Waals surface area contributed by atoms with E-state index in [2.05, 4.69) is 23.5 Å². The first-order chi connectivity index (χ1) is 17.2. The van der Waals surface area contributed by atoms with Crippen LogP contribution in [0.15, 0.2) is 84.9 Å². The minimum Gasteiger partial charge on any atom is -0.350 e. The van der Waals surface area contributed by atoms with Gasteiger partial charge in [-0.05, 0) is 44.4 Å². The number of thioether (sulfide) groups is 1. The van der Waals surface area contributed by atoms with Gasteiger partial charge in [0.05, 0.1) is 0 Å². The van der Waals surface area contributed by atoms with Crippen LogP contribution in [0.2, 0.25) is 0 Å². The molecule has 0 aromatic heterocycles. The highest BCUT2D eigenvalue weighted by molar-refractivity contribution is 7.98. The molecule has 36 heavy (non-hydrogen) atoms. The molecular weight excluding hydrogens is 464 g/mol. The van der Waals surface area contributed by atoms with Crippen LogP contribution < -0.4 is 5.32 Å². The molecule has 1 N–H and O–H groups in total. The summed E-state index contributed by atoms with van der Waals surface area (Å²) < 4.78 is 0. The van der Waals surface area contributed by atoms with Crippen LogP contribution in [0.3, 0.4) is 0 Å². The molecule has 4 nitrogen and oxygen atoms in total. The maximum atomic E-state index is 13.7. The molecule has 0 aliphatic rings. The van der Waals surface area contributed by atoms with Crippen molar-refractivity contribution in [3.63, 3.8) is 0 Å². The Hall–Kier alpha value is -3.05. The molecule has 1 atom stereocenters. The van der Waals surface area contributed by atoms with E-state index >= 15 is 0 Å². The summed E-state index contributed by atoms with van der Waals surface area (Å²) in [6.45, 7) is 8.36. The van der Waals surface area contributed by atoms with Gasteiger partial charge in [-0.25, -0.2) is 0 Å². The van der Waals surface area contributed by atoms with E-state index < -0.39 is 11.6 Å². The van der Waals surface area contributed by atoms with Gasteiger partial charge in [-0.3, -0.25) is 9.59 Å². The van der Waals surface area contributed by atoms with Crippen LogP contribution in [-0.4, -0.2) is 34.0 Å². The Labute approximate surface area is 220 Å². The predicted octanol–water partition coefficient (Wildman–Crippen LogP) is 6.17. The van der Waals surface area contributed by atoms with E-state index in [0.717, 1.165) is 22.4 Å².